The molecule has 21 heavy (non-hydrogen) atoms. The Bertz CT molecular complexity index is 494. The second-order valence-corrected chi connectivity index (χ2v) is 7.20. The first-order chi connectivity index (χ1) is 10.4. The highest BCUT2D eigenvalue weighted by Crippen LogP contribution is 2.36. The van der Waals surface area contributed by atoms with Crippen LogP contribution in [0, 0.1) is 5.92 Å². The number of hydrogen-bond donors (Lipinski definition) is 1. The Morgan fingerprint density at radius 3 is 2.95 bits per heavy atom. The van der Waals surface area contributed by atoms with Crippen LogP contribution in [0.15, 0.2) is 18.2 Å². The highest BCUT2D eigenvalue weighted by molar-refractivity contribution is 5.56. The van der Waals surface area contributed by atoms with Crippen molar-refractivity contribution >= 4 is 5.69 Å². The zero-order valence-electron chi connectivity index (χ0n) is 13.1. The van der Waals surface area contributed by atoms with Gasteiger partial charge in [-0.3, -0.25) is 4.90 Å². The number of nitrogens with zero attached hydrogens (tertiary/aromatic N) is 1. The van der Waals surface area contributed by atoms with Crippen molar-refractivity contribution in [3.05, 3.63) is 29.3 Å². The number of likely N-dealkylation sites (tertiary alicyclic amines) is 1. The number of anilines is 1. The zero-order valence-corrected chi connectivity index (χ0v) is 13.1. The van der Waals surface area contributed by atoms with Gasteiger partial charge in [0.15, 0.2) is 0 Å². The SMILES string of the molecule is c1cc(CN2CCC[C@H]3CCCC[C@H]32)c2c(c1)NCCC2. The van der Waals surface area contributed by atoms with Gasteiger partial charge in [0.2, 0.25) is 0 Å². The van der Waals surface area contributed by atoms with Gasteiger partial charge in [-0.15, -0.1) is 0 Å². The van der Waals surface area contributed by atoms with Gasteiger partial charge in [0.1, 0.15) is 0 Å². The summed E-state index contributed by atoms with van der Waals surface area (Å²) in [6.07, 6.45) is 11.3. The topological polar surface area (TPSA) is 15.3 Å². The van der Waals surface area contributed by atoms with Crippen molar-refractivity contribution in [1.29, 1.82) is 0 Å². The summed E-state index contributed by atoms with van der Waals surface area (Å²) in [7, 11) is 0. The molecule has 1 aromatic rings. The Morgan fingerprint density at radius 2 is 1.95 bits per heavy atom. The Morgan fingerprint density at radius 1 is 1.05 bits per heavy atom. The lowest BCUT2D eigenvalue weighted by molar-refractivity contribution is 0.0545. The van der Waals surface area contributed by atoms with Crippen LogP contribution in [0.2, 0.25) is 0 Å². The molecule has 2 nitrogen and oxygen atoms in total. The Labute approximate surface area is 128 Å². The molecule has 2 atom stereocenters. The molecule has 0 amide bonds. The van der Waals surface area contributed by atoms with Gasteiger partial charge in [-0.05, 0) is 68.2 Å². The first-order valence-corrected chi connectivity index (χ1v) is 9.00. The van der Waals surface area contributed by atoms with Crippen LogP contribution in [0.5, 0.6) is 0 Å². The lowest BCUT2D eigenvalue weighted by Gasteiger charge is -2.44. The second-order valence-electron chi connectivity index (χ2n) is 7.20. The van der Waals surface area contributed by atoms with Crippen molar-refractivity contribution < 1.29 is 0 Å². The van der Waals surface area contributed by atoms with E-state index in [4.69, 9.17) is 0 Å². The van der Waals surface area contributed by atoms with Crippen LogP contribution >= 0.6 is 0 Å². The molecule has 1 saturated heterocycles. The van der Waals surface area contributed by atoms with E-state index in [-0.39, 0.29) is 0 Å². The van der Waals surface area contributed by atoms with Crippen LogP contribution in [0.25, 0.3) is 0 Å². The molecule has 1 saturated carbocycles. The lowest BCUT2D eigenvalue weighted by Crippen LogP contribution is -2.46. The van der Waals surface area contributed by atoms with Crippen molar-refractivity contribution in [2.24, 2.45) is 5.92 Å². The third-order valence-corrected chi connectivity index (χ3v) is 5.92. The Kier molecular flexibility index (Phi) is 3.89. The van der Waals surface area contributed by atoms with Crippen molar-refractivity contribution in [2.75, 3.05) is 18.4 Å². The van der Waals surface area contributed by atoms with Crippen molar-refractivity contribution in [2.45, 2.75) is 64.0 Å². The molecule has 114 valence electrons. The smallest absolute Gasteiger partial charge is 0.0375 e. The quantitative estimate of drug-likeness (QED) is 0.875. The van der Waals surface area contributed by atoms with Gasteiger partial charge in [-0.1, -0.05) is 25.0 Å². The van der Waals surface area contributed by atoms with E-state index in [2.05, 4.69) is 28.4 Å². The maximum atomic E-state index is 3.58. The predicted octanol–water partition coefficient (Wildman–Crippen LogP) is 4.20. The van der Waals surface area contributed by atoms with Gasteiger partial charge >= 0.3 is 0 Å². The number of fused-ring (bicyclic) bond motifs is 2. The fourth-order valence-corrected chi connectivity index (χ4v) is 4.87. The summed E-state index contributed by atoms with van der Waals surface area (Å²) in [6.45, 7) is 3.65. The summed E-state index contributed by atoms with van der Waals surface area (Å²) in [4.78, 5) is 2.82. The predicted molar refractivity (Wildman–Crippen MR) is 88.6 cm³/mol. The van der Waals surface area contributed by atoms with Crippen LogP contribution in [0.3, 0.4) is 0 Å². The number of nitrogens with one attached hydrogen (secondary N) is 1. The first kappa shape index (κ1) is 13.6. The van der Waals surface area contributed by atoms with Crippen molar-refractivity contribution in [3.63, 3.8) is 0 Å². The summed E-state index contributed by atoms with van der Waals surface area (Å²) in [5.41, 5.74) is 4.59. The van der Waals surface area contributed by atoms with E-state index in [9.17, 15) is 0 Å². The van der Waals surface area contributed by atoms with E-state index in [0.717, 1.165) is 18.5 Å². The average Bonchev–Trinajstić information content (AvgIpc) is 2.56. The lowest BCUT2D eigenvalue weighted by atomic mass is 9.78. The van der Waals surface area contributed by atoms with Gasteiger partial charge < -0.3 is 5.32 Å². The molecule has 3 aliphatic rings. The van der Waals surface area contributed by atoms with Gasteiger partial charge in [-0.25, -0.2) is 0 Å². The fraction of sp³-hybridized carbons (Fsp3) is 0.684. The van der Waals surface area contributed by atoms with E-state index >= 15 is 0 Å². The molecule has 0 unspecified atom stereocenters. The van der Waals surface area contributed by atoms with E-state index < -0.39 is 0 Å². The van der Waals surface area contributed by atoms with Crippen LogP contribution < -0.4 is 5.32 Å². The molecular weight excluding hydrogens is 256 g/mol. The first-order valence-electron chi connectivity index (χ1n) is 9.00. The molecular formula is C19H28N2. The van der Waals surface area contributed by atoms with E-state index in [1.807, 2.05) is 0 Å². The largest absolute Gasteiger partial charge is 0.385 e. The van der Waals surface area contributed by atoms with E-state index in [0.29, 0.717) is 0 Å². The third-order valence-electron chi connectivity index (χ3n) is 5.92. The van der Waals surface area contributed by atoms with Crippen molar-refractivity contribution in [3.8, 4) is 0 Å². The van der Waals surface area contributed by atoms with E-state index in [1.165, 1.54) is 70.1 Å². The molecule has 0 radical (unpaired) electrons. The molecule has 1 aliphatic carbocycles. The molecule has 0 spiro atoms. The van der Waals surface area contributed by atoms with Crippen LogP contribution in [0.4, 0.5) is 5.69 Å². The molecule has 2 heteroatoms. The number of benzene rings is 1. The highest BCUT2D eigenvalue weighted by Gasteiger charge is 2.33. The second kappa shape index (κ2) is 6.00. The minimum Gasteiger partial charge on any atom is -0.385 e. The molecule has 2 aliphatic heterocycles. The summed E-state index contributed by atoms with van der Waals surface area (Å²) < 4.78 is 0. The van der Waals surface area contributed by atoms with Gasteiger partial charge in [-0.2, -0.15) is 0 Å². The van der Waals surface area contributed by atoms with E-state index in [1.54, 1.807) is 11.1 Å². The van der Waals surface area contributed by atoms with Gasteiger partial charge in [0, 0.05) is 24.8 Å². The minimum atomic E-state index is 0.875. The summed E-state index contributed by atoms with van der Waals surface area (Å²) in [6, 6.07) is 7.75. The van der Waals surface area contributed by atoms with Crippen LogP contribution in [-0.2, 0) is 13.0 Å². The fourth-order valence-electron chi connectivity index (χ4n) is 4.87. The number of piperidine rings is 1. The molecule has 1 N–H and O–H groups in total. The molecule has 1 aromatic carbocycles. The number of hydrogen-bond acceptors (Lipinski definition) is 2. The summed E-state index contributed by atoms with van der Waals surface area (Å²) in [5.74, 6) is 0.991. The van der Waals surface area contributed by atoms with Gasteiger partial charge in [0.05, 0.1) is 0 Å². The van der Waals surface area contributed by atoms with Gasteiger partial charge in [0.25, 0.3) is 0 Å². The standard InChI is InChI=1S/C19H28N2/c1-2-11-19-15(6-1)8-5-13-21(19)14-16-7-3-10-18-17(16)9-4-12-20-18/h3,7,10,15,19-20H,1-2,4-6,8-9,11-14H2/t15-,19-/m1/s1. The summed E-state index contributed by atoms with van der Waals surface area (Å²) >= 11 is 0. The Balaban J connectivity index is 1.55. The number of rotatable bonds is 2. The maximum absolute atomic E-state index is 3.58. The monoisotopic (exact) mass is 284 g/mol. The average molecular weight is 284 g/mol. The maximum Gasteiger partial charge on any atom is 0.0375 e. The minimum absolute atomic E-state index is 0.875. The van der Waals surface area contributed by atoms with Crippen LogP contribution in [-0.4, -0.2) is 24.0 Å². The third kappa shape index (κ3) is 2.70. The Hall–Kier alpha value is -1.02. The zero-order chi connectivity index (χ0) is 14.1. The molecule has 0 aromatic heterocycles. The van der Waals surface area contributed by atoms with Crippen LogP contribution in [0.1, 0.15) is 56.1 Å². The summed E-state index contributed by atoms with van der Waals surface area (Å²) in [5, 5.41) is 3.58. The molecule has 0 bridgehead atoms. The molecule has 2 fully saturated rings. The van der Waals surface area contributed by atoms with Crippen molar-refractivity contribution in [1.82, 2.24) is 4.90 Å². The highest BCUT2D eigenvalue weighted by atomic mass is 15.2. The molecule has 2 heterocycles. The molecule has 4 rings (SSSR count). The normalized spacial score (nSPS) is 29.3.